The number of allylic oxidation sites excluding steroid dienone is 4. The summed E-state index contributed by atoms with van der Waals surface area (Å²) in [6.45, 7) is 4.77. The Morgan fingerprint density at radius 1 is 0.326 bits per heavy atom. The summed E-state index contributed by atoms with van der Waals surface area (Å²) in [5.74, 6) is -2.17. The van der Waals surface area contributed by atoms with Gasteiger partial charge in [0.2, 0.25) is 0 Å². The highest BCUT2D eigenvalue weighted by Crippen LogP contribution is 2.45. The first-order valence-electron chi connectivity index (χ1n) is 34.6. The summed E-state index contributed by atoms with van der Waals surface area (Å²) in [6, 6.07) is 0. The van der Waals surface area contributed by atoms with Gasteiger partial charge in [-0.15, -0.1) is 0 Å². The number of aliphatic hydroxyl groups excluding tert-OH is 1. The van der Waals surface area contributed by atoms with E-state index in [4.69, 9.17) is 37.0 Å². The van der Waals surface area contributed by atoms with Gasteiger partial charge in [0.05, 0.1) is 26.4 Å². The Hall–Kier alpha value is -2.46. The number of carbonyl (C=O) groups excluding carboxylic acids is 4. The largest absolute Gasteiger partial charge is 0.472 e. The molecular formula is C67H126O17P2. The zero-order chi connectivity index (χ0) is 63.3. The second kappa shape index (κ2) is 61.4. The fourth-order valence-corrected chi connectivity index (χ4v) is 11.2. The molecule has 0 aromatic carbocycles. The molecule has 0 spiro atoms. The molecule has 0 bridgehead atoms. The Morgan fingerprint density at radius 3 is 0.849 bits per heavy atom. The molecule has 506 valence electrons. The fourth-order valence-electron chi connectivity index (χ4n) is 9.62. The first kappa shape index (κ1) is 83.5. The van der Waals surface area contributed by atoms with E-state index in [1.54, 1.807) is 0 Å². The van der Waals surface area contributed by atoms with Crippen LogP contribution in [0.4, 0.5) is 0 Å². The number of aliphatic hydroxyl groups is 1. The van der Waals surface area contributed by atoms with Gasteiger partial charge in [-0.1, -0.05) is 270 Å². The van der Waals surface area contributed by atoms with Crippen molar-refractivity contribution in [1.29, 1.82) is 0 Å². The van der Waals surface area contributed by atoms with E-state index in [9.17, 15) is 43.2 Å². The molecule has 19 heteroatoms. The number of esters is 4. The van der Waals surface area contributed by atoms with Crippen molar-refractivity contribution in [2.45, 2.75) is 341 Å². The van der Waals surface area contributed by atoms with Gasteiger partial charge in [-0.25, -0.2) is 9.13 Å². The predicted molar refractivity (Wildman–Crippen MR) is 345 cm³/mol. The van der Waals surface area contributed by atoms with Crippen LogP contribution in [-0.4, -0.2) is 96.7 Å². The van der Waals surface area contributed by atoms with E-state index >= 15 is 0 Å². The molecule has 5 atom stereocenters. The summed E-state index contributed by atoms with van der Waals surface area (Å²) in [6.07, 6.45) is 51.1. The van der Waals surface area contributed by atoms with Crippen LogP contribution in [0.1, 0.15) is 323 Å². The van der Waals surface area contributed by atoms with Crippen LogP contribution in [0, 0.1) is 0 Å². The van der Waals surface area contributed by atoms with Gasteiger partial charge in [-0.3, -0.25) is 37.3 Å². The van der Waals surface area contributed by atoms with Gasteiger partial charge in [-0.2, -0.15) is 0 Å². The van der Waals surface area contributed by atoms with Gasteiger partial charge < -0.3 is 33.8 Å². The molecule has 17 nitrogen and oxygen atoms in total. The highest BCUT2D eigenvalue weighted by atomic mass is 31.2. The van der Waals surface area contributed by atoms with Crippen molar-refractivity contribution in [3.05, 3.63) is 24.3 Å². The standard InChI is InChI=1S/C67H126O17P2/c1-5-9-13-17-21-23-25-27-29-30-32-34-36-38-42-46-50-54-67(72)84-63(58-78-65(70)52-48-44-41-37-35-33-31-28-26-24-22-18-14-10-6-2)60-82-86(75,76)80-56-61(68)55-79-85(73,74)81-59-62(83-66(71)53-49-45-40-20-16-12-8-4)57-77-64(69)51-47-43-39-19-15-11-7-3/h24,26,28,31,61-63,68H,5-23,25,27,29-30,32-60H2,1-4H3,(H,73,74)(H,75,76)/b26-24-,31-28-/t61-,62+,63+/m0/s1. The van der Waals surface area contributed by atoms with E-state index in [0.717, 1.165) is 135 Å². The number of phosphoric ester groups is 2. The molecule has 0 heterocycles. The Labute approximate surface area is 522 Å². The molecule has 0 fully saturated rings. The summed E-state index contributed by atoms with van der Waals surface area (Å²) in [7, 11) is -9.89. The molecule has 0 aliphatic heterocycles. The third-order valence-electron chi connectivity index (χ3n) is 15.0. The van der Waals surface area contributed by atoms with Crippen molar-refractivity contribution in [2.24, 2.45) is 0 Å². The van der Waals surface area contributed by atoms with E-state index in [2.05, 4.69) is 52.0 Å². The maximum atomic E-state index is 13.0. The van der Waals surface area contributed by atoms with Gasteiger partial charge in [0.1, 0.15) is 19.3 Å². The lowest BCUT2D eigenvalue weighted by atomic mass is 10.0. The molecule has 0 amide bonds. The Kier molecular flexibility index (Phi) is 59.6. The predicted octanol–water partition coefficient (Wildman–Crippen LogP) is 18.7. The number of phosphoric acid groups is 2. The van der Waals surface area contributed by atoms with Crippen LogP contribution >= 0.6 is 15.6 Å². The normalized spacial score (nSPS) is 14.3. The van der Waals surface area contributed by atoms with Crippen molar-refractivity contribution in [3.63, 3.8) is 0 Å². The zero-order valence-electron chi connectivity index (χ0n) is 54.8. The Bertz CT molecular complexity index is 1750. The topological polar surface area (TPSA) is 237 Å². The van der Waals surface area contributed by atoms with Crippen LogP contribution in [0.3, 0.4) is 0 Å². The Morgan fingerprint density at radius 2 is 0.558 bits per heavy atom. The molecule has 0 aromatic heterocycles. The monoisotopic (exact) mass is 1260 g/mol. The van der Waals surface area contributed by atoms with E-state index in [1.807, 2.05) is 0 Å². The number of hydrogen-bond acceptors (Lipinski definition) is 15. The quantitative estimate of drug-likeness (QED) is 0.0169. The lowest BCUT2D eigenvalue weighted by molar-refractivity contribution is -0.161. The minimum atomic E-state index is -4.95. The van der Waals surface area contributed by atoms with E-state index < -0.39 is 97.5 Å². The van der Waals surface area contributed by atoms with Crippen molar-refractivity contribution < 1.29 is 80.2 Å². The lowest BCUT2D eigenvalue weighted by Crippen LogP contribution is -2.30. The second-order valence-electron chi connectivity index (χ2n) is 23.5. The van der Waals surface area contributed by atoms with Crippen molar-refractivity contribution in [1.82, 2.24) is 0 Å². The summed E-state index contributed by atoms with van der Waals surface area (Å²) >= 11 is 0. The molecule has 3 N–H and O–H groups in total. The molecule has 0 saturated heterocycles. The molecule has 0 rings (SSSR count). The molecule has 2 unspecified atom stereocenters. The third-order valence-corrected chi connectivity index (χ3v) is 16.9. The summed E-state index contributed by atoms with van der Waals surface area (Å²) in [5.41, 5.74) is 0. The average Bonchev–Trinajstić information content (AvgIpc) is 3.71. The SMILES string of the molecule is CCCCCC/C=C\C=C/CCCCCCCC(=O)OC[C@H](COP(=O)(O)OC[C@@H](O)COP(=O)(O)OC[C@@H](COC(=O)CCCCCCCCC)OC(=O)CCCCCCCCC)OC(=O)CCCCCCCCCCCCCCCCCCC. The smallest absolute Gasteiger partial charge is 0.462 e. The van der Waals surface area contributed by atoms with Crippen LogP contribution in [0.15, 0.2) is 24.3 Å². The van der Waals surface area contributed by atoms with Gasteiger partial charge in [0.15, 0.2) is 12.2 Å². The summed E-state index contributed by atoms with van der Waals surface area (Å²) in [5, 5.41) is 10.5. The third kappa shape index (κ3) is 60.5. The van der Waals surface area contributed by atoms with Crippen LogP contribution in [-0.2, 0) is 65.4 Å². The van der Waals surface area contributed by atoms with E-state index in [1.165, 1.54) is 109 Å². The maximum absolute atomic E-state index is 13.0. The second-order valence-corrected chi connectivity index (χ2v) is 26.4. The van der Waals surface area contributed by atoms with E-state index in [0.29, 0.717) is 25.7 Å². The molecule has 0 radical (unpaired) electrons. The number of hydrogen-bond donors (Lipinski definition) is 3. The van der Waals surface area contributed by atoms with Crippen LogP contribution in [0.5, 0.6) is 0 Å². The molecule has 0 aromatic rings. The lowest BCUT2D eigenvalue weighted by Gasteiger charge is -2.21. The maximum Gasteiger partial charge on any atom is 0.472 e. The number of rotatable bonds is 66. The molecular weight excluding hydrogens is 1140 g/mol. The van der Waals surface area contributed by atoms with Crippen molar-refractivity contribution in [3.8, 4) is 0 Å². The van der Waals surface area contributed by atoms with Gasteiger partial charge in [0.25, 0.3) is 0 Å². The minimum absolute atomic E-state index is 0.101. The van der Waals surface area contributed by atoms with Gasteiger partial charge in [0, 0.05) is 25.7 Å². The molecule has 86 heavy (non-hydrogen) atoms. The molecule has 0 aliphatic carbocycles. The van der Waals surface area contributed by atoms with Crippen LogP contribution in [0.2, 0.25) is 0 Å². The number of unbranched alkanes of at least 4 members (excludes halogenated alkanes) is 37. The number of ether oxygens (including phenoxy) is 4. The van der Waals surface area contributed by atoms with Gasteiger partial charge >= 0.3 is 39.5 Å². The van der Waals surface area contributed by atoms with Gasteiger partial charge in [-0.05, 0) is 51.4 Å². The molecule has 0 saturated carbocycles. The zero-order valence-corrected chi connectivity index (χ0v) is 56.6. The highest BCUT2D eigenvalue weighted by molar-refractivity contribution is 7.47. The first-order valence-corrected chi connectivity index (χ1v) is 37.6. The summed E-state index contributed by atoms with van der Waals surface area (Å²) < 4.78 is 67.9. The highest BCUT2D eigenvalue weighted by Gasteiger charge is 2.30. The van der Waals surface area contributed by atoms with Crippen molar-refractivity contribution in [2.75, 3.05) is 39.6 Å². The average molecular weight is 1270 g/mol. The van der Waals surface area contributed by atoms with Crippen LogP contribution in [0.25, 0.3) is 0 Å². The minimum Gasteiger partial charge on any atom is -0.462 e. The van der Waals surface area contributed by atoms with E-state index in [-0.39, 0.29) is 25.7 Å². The summed E-state index contributed by atoms with van der Waals surface area (Å²) in [4.78, 5) is 72.1. The molecule has 0 aliphatic rings. The van der Waals surface area contributed by atoms with Crippen molar-refractivity contribution >= 4 is 39.5 Å². The fraction of sp³-hybridized carbons (Fsp3) is 0.881. The van der Waals surface area contributed by atoms with Crippen LogP contribution < -0.4 is 0 Å². The number of carbonyl (C=O) groups is 4. The Balaban J connectivity index is 5.20. The first-order chi connectivity index (χ1) is 41.7.